The van der Waals surface area contributed by atoms with Gasteiger partial charge in [0.25, 0.3) is 0 Å². The van der Waals surface area contributed by atoms with Crippen molar-refractivity contribution < 1.29 is 23.8 Å². The number of halogens is 2. The Morgan fingerprint density at radius 2 is 1.68 bits per heavy atom. The zero-order valence-corrected chi connectivity index (χ0v) is 19.8. The molecule has 3 aromatic rings. The average Bonchev–Trinajstić information content (AvgIpc) is 2.84. The number of anilines is 1. The SMILES string of the molecule is COc1ccc(NC(=O)C(=O)N/N=C/c2ccc(OCc3ccc(Cl)cc3Cl)c(OC)c2)cc1. The number of methoxy groups -OCH3 is 2. The highest BCUT2D eigenvalue weighted by molar-refractivity contribution is 6.39. The number of carbonyl (C=O) groups excluding carboxylic acids is 2. The van der Waals surface area contributed by atoms with Crippen molar-refractivity contribution in [2.45, 2.75) is 6.61 Å². The van der Waals surface area contributed by atoms with E-state index in [1.165, 1.54) is 20.4 Å². The number of amides is 2. The molecule has 0 fully saturated rings. The van der Waals surface area contributed by atoms with Crippen LogP contribution in [0.1, 0.15) is 11.1 Å². The second-order valence-electron chi connectivity index (χ2n) is 6.82. The molecule has 0 aliphatic heterocycles. The maximum atomic E-state index is 12.0. The lowest BCUT2D eigenvalue weighted by Crippen LogP contribution is -2.32. The zero-order chi connectivity index (χ0) is 24.5. The van der Waals surface area contributed by atoms with E-state index >= 15 is 0 Å². The predicted octanol–water partition coefficient (Wildman–Crippen LogP) is 4.68. The zero-order valence-electron chi connectivity index (χ0n) is 18.3. The Hall–Kier alpha value is -3.75. The number of ether oxygens (including phenoxy) is 3. The lowest BCUT2D eigenvalue weighted by atomic mass is 10.2. The van der Waals surface area contributed by atoms with Gasteiger partial charge in [-0.2, -0.15) is 5.10 Å². The molecule has 2 amide bonds. The molecule has 10 heteroatoms. The van der Waals surface area contributed by atoms with Crippen LogP contribution in [0, 0.1) is 0 Å². The fourth-order valence-corrected chi connectivity index (χ4v) is 3.22. The molecule has 0 aromatic heterocycles. The van der Waals surface area contributed by atoms with Crippen molar-refractivity contribution in [3.05, 3.63) is 81.8 Å². The van der Waals surface area contributed by atoms with Crippen LogP contribution >= 0.6 is 23.2 Å². The second kappa shape index (κ2) is 11.9. The van der Waals surface area contributed by atoms with E-state index in [0.717, 1.165) is 5.56 Å². The predicted molar refractivity (Wildman–Crippen MR) is 131 cm³/mol. The number of hydrazone groups is 1. The van der Waals surface area contributed by atoms with Gasteiger partial charge >= 0.3 is 11.8 Å². The Morgan fingerprint density at radius 3 is 2.35 bits per heavy atom. The van der Waals surface area contributed by atoms with Crippen molar-refractivity contribution in [2.24, 2.45) is 5.10 Å². The number of hydrogen-bond donors (Lipinski definition) is 2. The minimum Gasteiger partial charge on any atom is -0.497 e. The Kier molecular flexibility index (Phi) is 8.73. The van der Waals surface area contributed by atoms with Crippen LogP contribution in [-0.4, -0.2) is 32.2 Å². The largest absolute Gasteiger partial charge is 0.497 e. The van der Waals surface area contributed by atoms with Gasteiger partial charge < -0.3 is 19.5 Å². The van der Waals surface area contributed by atoms with Gasteiger partial charge in [-0.3, -0.25) is 9.59 Å². The summed E-state index contributed by atoms with van der Waals surface area (Å²) in [5, 5.41) is 7.33. The van der Waals surface area contributed by atoms with Crippen LogP contribution in [0.3, 0.4) is 0 Å². The van der Waals surface area contributed by atoms with Crippen LogP contribution in [0.2, 0.25) is 10.0 Å². The fourth-order valence-electron chi connectivity index (χ4n) is 2.76. The molecule has 0 unspecified atom stereocenters. The van der Waals surface area contributed by atoms with Crippen LogP contribution in [0.25, 0.3) is 0 Å². The molecule has 0 saturated heterocycles. The first kappa shape index (κ1) is 24.9. The molecule has 8 nitrogen and oxygen atoms in total. The average molecular weight is 502 g/mol. The standard InChI is InChI=1S/C24H21Cl2N3O5/c1-32-19-8-6-18(7-9-19)28-23(30)24(31)29-27-13-15-3-10-21(22(11-15)33-2)34-14-16-4-5-17(25)12-20(16)26/h3-13H,14H2,1-2H3,(H,28,30)(H,29,31)/b27-13+. The van der Waals surface area contributed by atoms with Crippen molar-refractivity contribution in [1.29, 1.82) is 0 Å². The van der Waals surface area contributed by atoms with Gasteiger partial charge in [-0.25, -0.2) is 5.43 Å². The van der Waals surface area contributed by atoms with E-state index in [1.54, 1.807) is 60.7 Å². The summed E-state index contributed by atoms with van der Waals surface area (Å²) in [6.45, 7) is 0.221. The maximum Gasteiger partial charge on any atom is 0.329 e. The van der Waals surface area contributed by atoms with Gasteiger partial charge in [-0.05, 0) is 60.2 Å². The number of rotatable bonds is 8. The molecular weight excluding hydrogens is 481 g/mol. The quantitative estimate of drug-likeness (QED) is 0.265. The summed E-state index contributed by atoms with van der Waals surface area (Å²) in [6.07, 6.45) is 1.38. The minimum atomic E-state index is -0.918. The Balaban J connectivity index is 1.56. The Morgan fingerprint density at radius 1 is 0.912 bits per heavy atom. The van der Waals surface area contributed by atoms with E-state index in [1.807, 2.05) is 0 Å². The van der Waals surface area contributed by atoms with Gasteiger partial charge in [-0.1, -0.05) is 29.3 Å². The third-order valence-electron chi connectivity index (χ3n) is 4.52. The van der Waals surface area contributed by atoms with Crippen LogP contribution in [0.15, 0.2) is 65.8 Å². The van der Waals surface area contributed by atoms with Crippen molar-refractivity contribution in [3.8, 4) is 17.2 Å². The van der Waals surface area contributed by atoms with Crippen molar-refractivity contribution in [1.82, 2.24) is 5.43 Å². The van der Waals surface area contributed by atoms with Gasteiger partial charge in [0.05, 0.1) is 20.4 Å². The molecule has 3 rings (SSSR count). The summed E-state index contributed by atoms with van der Waals surface area (Å²) < 4.78 is 16.2. The third-order valence-corrected chi connectivity index (χ3v) is 5.11. The molecule has 0 atom stereocenters. The summed E-state index contributed by atoms with van der Waals surface area (Å²) in [5.74, 6) is -0.192. The number of hydrogen-bond acceptors (Lipinski definition) is 6. The van der Waals surface area contributed by atoms with Gasteiger partial charge in [-0.15, -0.1) is 0 Å². The summed E-state index contributed by atoms with van der Waals surface area (Å²) in [5.41, 5.74) is 4.02. The van der Waals surface area contributed by atoms with Crippen LogP contribution in [0.5, 0.6) is 17.2 Å². The smallest absolute Gasteiger partial charge is 0.329 e. The highest BCUT2D eigenvalue weighted by Gasteiger charge is 2.13. The summed E-state index contributed by atoms with van der Waals surface area (Å²) in [7, 11) is 3.04. The van der Waals surface area contributed by atoms with Crippen molar-refractivity contribution in [3.63, 3.8) is 0 Å². The monoisotopic (exact) mass is 501 g/mol. The summed E-state index contributed by atoms with van der Waals surface area (Å²) >= 11 is 12.1. The molecular formula is C24H21Cl2N3O5. The maximum absolute atomic E-state index is 12.0. The van der Waals surface area contributed by atoms with Crippen molar-refractivity contribution in [2.75, 3.05) is 19.5 Å². The van der Waals surface area contributed by atoms with E-state index in [0.29, 0.717) is 38.5 Å². The summed E-state index contributed by atoms with van der Waals surface area (Å²) in [4.78, 5) is 24.0. The topological polar surface area (TPSA) is 98.2 Å². The third kappa shape index (κ3) is 6.87. The van der Waals surface area contributed by atoms with E-state index in [2.05, 4.69) is 15.8 Å². The number of nitrogens with one attached hydrogen (secondary N) is 2. The molecule has 0 heterocycles. The van der Waals surface area contributed by atoms with E-state index in [4.69, 9.17) is 37.4 Å². The lowest BCUT2D eigenvalue weighted by Gasteiger charge is -2.12. The van der Waals surface area contributed by atoms with E-state index in [9.17, 15) is 9.59 Å². The molecule has 0 bridgehead atoms. The molecule has 3 aromatic carbocycles. The van der Waals surface area contributed by atoms with E-state index in [-0.39, 0.29) is 6.61 Å². The van der Waals surface area contributed by atoms with Crippen molar-refractivity contribution >= 4 is 46.9 Å². The molecule has 0 aliphatic carbocycles. The van der Waals surface area contributed by atoms with Gasteiger partial charge in [0.15, 0.2) is 11.5 Å². The molecule has 176 valence electrons. The lowest BCUT2D eigenvalue weighted by molar-refractivity contribution is -0.136. The van der Waals surface area contributed by atoms with Gasteiger partial charge in [0.2, 0.25) is 0 Å². The minimum absolute atomic E-state index is 0.221. The normalized spacial score (nSPS) is 10.6. The fraction of sp³-hybridized carbons (Fsp3) is 0.125. The molecule has 34 heavy (non-hydrogen) atoms. The first-order valence-electron chi connectivity index (χ1n) is 9.93. The van der Waals surface area contributed by atoms with Crippen LogP contribution < -0.4 is 25.0 Å². The molecule has 0 radical (unpaired) electrons. The van der Waals surface area contributed by atoms with Gasteiger partial charge in [0.1, 0.15) is 12.4 Å². The number of carbonyl (C=O) groups is 2. The molecule has 0 saturated carbocycles. The Bertz CT molecular complexity index is 1200. The second-order valence-corrected chi connectivity index (χ2v) is 7.66. The summed E-state index contributed by atoms with van der Waals surface area (Å²) in [6, 6.07) is 16.8. The molecule has 2 N–H and O–H groups in total. The number of benzene rings is 3. The van der Waals surface area contributed by atoms with Crippen LogP contribution in [0.4, 0.5) is 5.69 Å². The first-order valence-corrected chi connectivity index (χ1v) is 10.7. The van der Waals surface area contributed by atoms with E-state index < -0.39 is 11.8 Å². The Labute approximate surface area is 206 Å². The van der Waals surface area contributed by atoms with Crippen LogP contribution in [-0.2, 0) is 16.2 Å². The number of nitrogens with zero attached hydrogens (tertiary/aromatic N) is 1. The molecule has 0 aliphatic rings. The highest BCUT2D eigenvalue weighted by atomic mass is 35.5. The van der Waals surface area contributed by atoms with Gasteiger partial charge in [0, 0.05) is 21.3 Å². The molecule has 0 spiro atoms. The highest BCUT2D eigenvalue weighted by Crippen LogP contribution is 2.29. The first-order chi connectivity index (χ1) is 16.4.